The predicted molar refractivity (Wildman–Crippen MR) is 148 cm³/mol. The number of rotatable bonds is 8. The largest absolute Gasteiger partial charge is 0.573 e. The number of halogens is 4. The van der Waals surface area contributed by atoms with Gasteiger partial charge in [-0.15, -0.1) is 13.2 Å². The molecule has 2 unspecified atom stereocenters. The number of carboxylic acids is 1. The number of hydrogen-bond donors (Lipinski definition) is 4. The van der Waals surface area contributed by atoms with Crippen LogP contribution in [0.2, 0.25) is 0 Å². The number of ether oxygens (including phenoxy) is 1. The maximum atomic E-state index is 12.6. The van der Waals surface area contributed by atoms with Crippen LogP contribution >= 0.6 is 22.6 Å². The molecule has 1 aliphatic carbocycles. The predicted octanol–water partition coefficient (Wildman–Crippen LogP) is 4.84. The highest BCUT2D eigenvalue weighted by Gasteiger charge is 2.40. The minimum absolute atomic E-state index is 0.0326. The summed E-state index contributed by atoms with van der Waals surface area (Å²) in [6.45, 7) is 0.0326. The van der Waals surface area contributed by atoms with E-state index in [1.807, 2.05) is 11.9 Å². The van der Waals surface area contributed by atoms with Crippen molar-refractivity contribution >= 4 is 51.8 Å². The molecule has 0 aromatic heterocycles. The lowest BCUT2D eigenvalue weighted by Gasteiger charge is -2.28. The minimum atomic E-state index is -4.81. The lowest BCUT2D eigenvalue weighted by Crippen LogP contribution is -2.31. The molecule has 2 aliphatic rings. The Bertz CT molecular complexity index is 1420. The maximum Gasteiger partial charge on any atom is 0.573 e. The Morgan fingerprint density at radius 2 is 1.70 bits per heavy atom. The van der Waals surface area contributed by atoms with Crippen molar-refractivity contribution in [3.63, 3.8) is 0 Å². The number of carboxylic acid groups (broad SMARTS) is 1. The second-order valence-corrected chi connectivity index (χ2v) is 10.1. The van der Waals surface area contributed by atoms with Gasteiger partial charge in [0, 0.05) is 40.8 Å². The van der Waals surface area contributed by atoms with Crippen molar-refractivity contribution in [2.24, 2.45) is 5.92 Å². The summed E-state index contributed by atoms with van der Waals surface area (Å²) in [6.07, 6.45) is -1.80. The summed E-state index contributed by atoms with van der Waals surface area (Å²) >= 11 is 2.17. The van der Waals surface area contributed by atoms with Gasteiger partial charge in [-0.25, -0.2) is 4.79 Å². The molecule has 13 heteroatoms. The molecule has 0 saturated heterocycles. The smallest absolute Gasteiger partial charge is 0.507 e. The summed E-state index contributed by atoms with van der Waals surface area (Å²) in [5, 5.41) is 24.7. The van der Waals surface area contributed by atoms with Gasteiger partial charge in [0.05, 0.1) is 17.3 Å². The van der Waals surface area contributed by atoms with Crippen molar-refractivity contribution in [3.8, 4) is 5.75 Å². The van der Waals surface area contributed by atoms with E-state index in [1.54, 1.807) is 30.3 Å². The molecule has 0 spiro atoms. The molecule has 2 amide bonds. The molecule has 40 heavy (non-hydrogen) atoms. The summed E-state index contributed by atoms with van der Waals surface area (Å²) in [4.78, 5) is 38.1. The van der Waals surface area contributed by atoms with E-state index in [0.29, 0.717) is 5.56 Å². The van der Waals surface area contributed by atoms with Crippen molar-refractivity contribution in [2.75, 3.05) is 18.9 Å². The Hall–Kier alpha value is -4.01. The summed E-state index contributed by atoms with van der Waals surface area (Å²) in [5.41, 5.74) is 2.16. The van der Waals surface area contributed by atoms with Gasteiger partial charge < -0.3 is 30.5 Å². The van der Waals surface area contributed by atoms with Gasteiger partial charge >= 0.3 is 12.3 Å². The molecular formula is C27H23F3IN3O6. The first-order valence-corrected chi connectivity index (χ1v) is 12.9. The number of carbonyl (C=O) groups excluding carboxylic acids is 2. The SMILES string of the molecule is CN1C(c2ccc(C(=O)NCCC(=O)Nc3ccc(OC(F)(F)F)cc3)cc2)=C(I)C2C=C(C(=O)O)C(O)=CC21. The molecule has 0 saturated carbocycles. The van der Waals surface area contributed by atoms with Crippen molar-refractivity contribution < 1.29 is 42.5 Å². The van der Waals surface area contributed by atoms with E-state index >= 15 is 0 Å². The van der Waals surface area contributed by atoms with Gasteiger partial charge in [-0.05, 0) is 70.6 Å². The zero-order valence-electron chi connectivity index (χ0n) is 20.8. The molecule has 0 bridgehead atoms. The van der Waals surface area contributed by atoms with Crippen molar-refractivity contribution in [1.82, 2.24) is 10.2 Å². The van der Waals surface area contributed by atoms with Crippen LogP contribution in [-0.2, 0) is 9.59 Å². The second kappa shape index (κ2) is 11.6. The fourth-order valence-electron chi connectivity index (χ4n) is 4.43. The van der Waals surface area contributed by atoms with Crippen LogP contribution in [0.5, 0.6) is 5.75 Å². The van der Waals surface area contributed by atoms with Gasteiger partial charge in [-0.1, -0.05) is 18.2 Å². The molecule has 0 fully saturated rings. The third-order valence-electron chi connectivity index (χ3n) is 6.30. The molecule has 210 valence electrons. The number of aliphatic hydroxyl groups excluding tert-OH is 1. The monoisotopic (exact) mass is 669 g/mol. The van der Waals surface area contributed by atoms with Crippen LogP contribution in [0.1, 0.15) is 22.3 Å². The number of nitrogens with one attached hydrogen (secondary N) is 2. The average Bonchev–Trinajstić information content (AvgIpc) is 3.12. The normalized spacial score (nSPS) is 18.5. The van der Waals surface area contributed by atoms with Gasteiger partial charge in [0.25, 0.3) is 5.91 Å². The number of nitrogens with zero attached hydrogens (tertiary/aromatic N) is 1. The van der Waals surface area contributed by atoms with Crippen LogP contribution in [0.3, 0.4) is 0 Å². The molecule has 1 heterocycles. The van der Waals surface area contributed by atoms with Crippen LogP contribution in [0, 0.1) is 5.92 Å². The molecule has 2 atom stereocenters. The van der Waals surface area contributed by atoms with E-state index in [1.165, 1.54) is 18.2 Å². The number of anilines is 1. The Morgan fingerprint density at radius 3 is 2.30 bits per heavy atom. The molecule has 9 nitrogen and oxygen atoms in total. The molecule has 2 aromatic rings. The Labute approximate surface area is 240 Å². The van der Waals surface area contributed by atoms with Crippen molar-refractivity contribution in [2.45, 2.75) is 18.8 Å². The summed E-state index contributed by atoms with van der Waals surface area (Å²) in [5.74, 6) is -2.95. The van der Waals surface area contributed by atoms with E-state index in [0.717, 1.165) is 27.0 Å². The zero-order valence-corrected chi connectivity index (χ0v) is 23.0. The van der Waals surface area contributed by atoms with Gasteiger partial charge in [0.15, 0.2) is 0 Å². The third kappa shape index (κ3) is 6.58. The van der Waals surface area contributed by atoms with Crippen molar-refractivity contribution in [1.29, 1.82) is 0 Å². The van der Waals surface area contributed by atoms with Crippen molar-refractivity contribution in [3.05, 3.63) is 86.7 Å². The number of likely N-dealkylation sites (N-methyl/N-ethyl adjacent to an activating group) is 1. The first kappa shape index (κ1) is 29.0. The number of amides is 2. The standard InChI is InChI=1S/C27H23F3IN3O6/c1-34-20-13-21(35)19(26(38)39)12-18(20)23(31)24(34)14-2-4-15(5-3-14)25(37)32-11-10-22(36)33-16-6-8-17(9-7-16)40-27(28,29)30/h2-9,12-13,18,20,35H,10-11H2,1H3,(H,32,37)(H,33,36)(H,38,39). The molecule has 2 aromatic carbocycles. The van der Waals surface area contributed by atoms with Gasteiger partial charge in [-0.2, -0.15) is 0 Å². The zero-order chi connectivity index (χ0) is 29.2. The van der Waals surface area contributed by atoms with E-state index in [2.05, 4.69) is 38.0 Å². The highest BCUT2D eigenvalue weighted by Crippen LogP contribution is 2.46. The number of alkyl halides is 3. The summed E-state index contributed by atoms with van der Waals surface area (Å²) < 4.78 is 41.4. The Balaban J connectivity index is 1.32. The highest BCUT2D eigenvalue weighted by atomic mass is 127. The first-order valence-electron chi connectivity index (χ1n) is 11.9. The maximum absolute atomic E-state index is 12.6. The Morgan fingerprint density at radius 1 is 1.05 bits per heavy atom. The number of aliphatic hydroxyl groups is 1. The third-order valence-corrected chi connectivity index (χ3v) is 7.53. The molecule has 4 rings (SSSR count). The van der Waals surface area contributed by atoms with E-state index in [4.69, 9.17) is 0 Å². The quantitative estimate of drug-likeness (QED) is 0.296. The number of carbonyl (C=O) groups is 3. The lowest BCUT2D eigenvalue weighted by atomic mass is 9.91. The van der Waals surface area contributed by atoms with Crippen LogP contribution in [0.15, 0.2) is 75.6 Å². The van der Waals surface area contributed by atoms with Crippen LogP contribution in [0.25, 0.3) is 5.70 Å². The molecule has 1 aliphatic heterocycles. The topological polar surface area (TPSA) is 128 Å². The number of hydrogen-bond acceptors (Lipinski definition) is 6. The number of benzene rings is 2. The minimum Gasteiger partial charge on any atom is -0.507 e. The van der Waals surface area contributed by atoms with Gasteiger partial charge in [0.2, 0.25) is 5.91 Å². The fraction of sp³-hybridized carbons (Fsp3) is 0.222. The summed E-state index contributed by atoms with van der Waals surface area (Å²) in [7, 11) is 1.85. The van der Waals surface area contributed by atoms with Gasteiger partial charge in [-0.3, -0.25) is 9.59 Å². The number of aliphatic carboxylic acids is 1. The van der Waals surface area contributed by atoms with Crippen LogP contribution in [-0.4, -0.2) is 58.9 Å². The molecule has 4 N–H and O–H groups in total. The average molecular weight is 669 g/mol. The fourth-order valence-corrected chi connectivity index (χ4v) is 5.67. The number of fused-ring (bicyclic) bond motifs is 1. The van der Waals surface area contributed by atoms with E-state index in [-0.39, 0.29) is 41.9 Å². The second-order valence-electron chi connectivity index (χ2n) is 8.96. The lowest BCUT2D eigenvalue weighted by molar-refractivity contribution is -0.274. The van der Waals surface area contributed by atoms with Gasteiger partial charge in [0.1, 0.15) is 11.5 Å². The molecule has 0 radical (unpaired) electrons. The van der Waals surface area contributed by atoms with E-state index < -0.39 is 29.9 Å². The molecular weight excluding hydrogens is 646 g/mol. The van der Waals surface area contributed by atoms with E-state index in [9.17, 15) is 37.8 Å². The highest BCUT2D eigenvalue weighted by molar-refractivity contribution is 14.1. The van der Waals surface area contributed by atoms with Crippen LogP contribution in [0.4, 0.5) is 18.9 Å². The Kier molecular flexibility index (Phi) is 8.42. The first-order chi connectivity index (χ1) is 18.8. The van der Waals surface area contributed by atoms with Crippen LogP contribution < -0.4 is 15.4 Å². The summed E-state index contributed by atoms with van der Waals surface area (Å²) in [6, 6.07) is 11.2.